The van der Waals surface area contributed by atoms with Crippen molar-refractivity contribution in [3.05, 3.63) is 35.2 Å². The molecular weight excluding hydrogens is 252 g/mol. The van der Waals surface area contributed by atoms with Crippen molar-refractivity contribution in [3.8, 4) is 0 Å². The van der Waals surface area contributed by atoms with Gasteiger partial charge in [0.1, 0.15) is 0 Å². The largest absolute Gasteiger partial charge is 0.310 e. The summed E-state index contributed by atoms with van der Waals surface area (Å²) in [5, 5.41) is 7.39. The summed E-state index contributed by atoms with van der Waals surface area (Å²) in [5.41, 5.74) is 1.71. The normalized spacial score (nSPS) is 20.5. The minimum atomic E-state index is 0.225. The molecule has 2 nitrogen and oxygen atoms in total. The predicted molar refractivity (Wildman–Crippen MR) is 83.8 cm³/mol. The Morgan fingerprint density at radius 3 is 3.05 bits per heavy atom. The van der Waals surface area contributed by atoms with E-state index < -0.39 is 0 Å². The summed E-state index contributed by atoms with van der Waals surface area (Å²) in [5.74, 6) is 0. The first kappa shape index (κ1) is 13.1. The van der Waals surface area contributed by atoms with Gasteiger partial charge in [-0.2, -0.15) is 0 Å². The summed E-state index contributed by atoms with van der Waals surface area (Å²) in [6.07, 6.45) is 1.24. The molecule has 2 heterocycles. The minimum Gasteiger partial charge on any atom is -0.310 e. The van der Waals surface area contributed by atoms with Crippen LogP contribution in [0.15, 0.2) is 29.6 Å². The highest BCUT2D eigenvalue weighted by molar-refractivity contribution is 7.17. The van der Waals surface area contributed by atoms with Gasteiger partial charge in [-0.1, -0.05) is 18.2 Å². The van der Waals surface area contributed by atoms with Gasteiger partial charge in [0.2, 0.25) is 0 Å². The monoisotopic (exact) mass is 274 g/mol. The Kier molecular flexibility index (Phi) is 3.61. The molecule has 3 rings (SSSR count). The molecule has 0 spiro atoms. The fourth-order valence-electron chi connectivity index (χ4n) is 2.95. The highest BCUT2D eigenvalue weighted by Crippen LogP contribution is 2.27. The van der Waals surface area contributed by atoms with Crippen LogP contribution in [0.3, 0.4) is 0 Å². The van der Waals surface area contributed by atoms with Crippen molar-refractivity contribution < 1.29 is 0 Å². The van der Waals surface area contributed by atoms with E-state index in [4.69, 9.17) is 0 Å². The molecule has 2 aromatic rings. The third-order valence-corrected chi connectivity index (χ3v) is 4.84. The van der Waals surface area contributed by atoms with Crippen LogP contribution >= 0.6 is 11.3 Å². The minimum absolute atomic E-state index is 0.225. The lowest BCUT2D eigenvalue weighted by molar-refractivity contribution is 0.225. The fraction of sp³-hybridized carbons (Fsp3) is 0.500. The number of rotatable bonds is 2. The lowest BCUT2D eigenvalue weighted by Crippen LogP contribution is -2.46. The summed E-state index contributed by atoms with van der Waals surface area (Å²) < 4.78 is 1.41. The van der Waals surface area contributed by atoms with Crippen LogP contribution in [0, 0.1) is 0 Å². The Morgan fingerprint density at radius 1 is 1.32 bits per heavy atom. The summed E-state index contributed by atoms with van der Waals surface area (Å²) >= 11 is 1.87. The average Bonchev–Trinajstić information content (AvgIpc) is 2.69. The van der Waals surface area contributed by atoms with E-state index in [0.717, 1.165) is 19.6 Å². The van der Waals surface area contributed by atoms with Gasteiger partial charge in [0.15, 0.2) is 0 Å². The van der Waals surface area contributed by atoms with Gasteiger partial charge in [-0.3, -0.25) is 4.90 Å². The Hall–Kier alpha value is -0.900. The van der Waals surface area contributed by atoms with Crippen LogP contribution in [0.1, 0.15) is 25.8 Å². The van der Waals surface area contributed by atoms with Gasteiger partial charge in [-0.25, -0.2) is 0 Å². The highest BCUT2D eigenvalue weighted by atomic mass is 32.1. The first-order chi connectivity index (χ1) is 9.14. The van der Waals surface area contributed by atoms with Crippen LogP contribution in [0.5, 0.6) is 0 Å². The number of nitrogens with zero attached hydrogens (tertiary/aromatic N) is 1. The van der Waals surface area contributed by atoms with Crippen molar-refractivity contribution in [3.63, 3.8) is 0 Å². The molecule has 3 heteroatoms. The van der Waals surface area contributed by atoms with E-state index in [1.807, 2.05) is 11.3 Å². The molecule has 0 atom stereocenters. The molecule has 0 saturated carbocycles. The van der Waals surface area contributed by atoms with Gasteiger partial charge in [0.25, 0.3) is 0 Å². The van der Waals surface area contributed by atoms with Crippen LogP contribution < -0.4 is 5.32 Å². The van der Waals surface area contributed by atoms with E-state index >= 15 is 0 Å². The summed E-state index contributed by atoms with van der Waals surface area (Å²) in [7, 11) is 0. The van der Waals surface area contributed by atoms with Crippen molar-refractivity contribution in [1.82, 2.24) is 10.2 Å². The highest BCUT2D eigenvalue weighted by Gasteiger charge is 2.24. The third-order valence-electron chi connectivity index (χ3n) is 3.83. The number of nitrogens with one attached hydrogen (secondary N) is 1. The maximum absolute atomic E-state index is 3.63. The van der Waals surface area contributed by atoms with Crippen LogP contribution in [0.2, 0.25) is 0 Å². The molecule has 0 bridgehead atoms. The van der Waals surface area contributed by atoms with E-state index in [0.29, 0.717) is 0 Å². The van der Waals surface area contributed by atoms with Gasteiger partial charge in [-0.05, 0) is 55.8 Å². The molecule has 0 radical (unpaired) electrons. The first-order valence-corrected chi connectivity index (χ1v) is 7.94. The quantitative estimate of drug-likeness (QED) is 0.902. The smallest absolute Gasteiger partial charge is 0.0346 e. The molecule has 0 aliphatic carbocycles. The maximum Gasteiger partial charge on any atom is 0.0346 e. The summed E-state index contributed by atoms with van der Waals surface area (Å²) in [6.45, 7) is 9.13. The van der Waals surface area contributed by atoms with Crippen molar-refractivity contribution in [2.45, 2.75) is 32.4 Å². The maximum atomic E-state index is 3.63. The molecule has 1 aromatic carbocycles. The molecular formula is C16H22N2S. The number of benzene rings is 1. The molecule has 1 N–H and O–H groups in total. The Bertz CT molecular complexity index is 559. The average molecular weight is 274 g/mol. The van der Waals surface area contributed by atoms with Crippen LogP contribution in [-0.4, -0.2) is 30.1 Å². The Morgan fingerprint density at radius 2 is 2.16 bits per heavy atom. The van der Waals surface area contributed by atoms with Crippen LogP contribution in [-0.2, 0) is 6.54 Å². The molecule has 1 saturated heterocycles. The SMILES string of the molecule is CC1(C)CN(Cc2csc3ccccc23)CCCN1. The summed E-state index contributed by atoms with van der Waals surface area (Å²) in [6, 6.07) is 8.74. The second-order valence-corrected chi connectivity index (χ2v) is 7.04. The molecule has 102 valence electrons. The van der Waals surface area contributed by atoms with Crippen LogP contribution in [0.4, 0.5) is 0 Å². The topological polar surface area (TPSA) is 15.3 Å². The first-order valence-electron chi connectivity index (χ1n) is 7.07. The Balaban J connectivity index is 1.80. The molecule has 1 fully saturated rings. The lowest BCUT2D eigenvalue weighted by Gasteiger charge is -2.29. The Labute approximate surface area is 119 Å². The standard InChI is InChI=1S/C16H22N2S/c1-16(2)12-18(9-5-8-17-16)10-13-11-19-15-7-4-3-6-14(13)15/h3-4,6-7,11,17H,5,8-10,12H2,1-2H3. The van der Waals surface area contributed by atoms with Gasteiger partial charge in [-0.15, -0.1) is 11.3 Å². The zero-order chi connectivity index (χ0) is 13.3. The van der Waals surface area contributed by atoms with Crippen molar-refractivity contribution >= 4 is 21.4 Å². The lowest BCUT2D eigenvalue weighted by atomic mass is 10.1. The predicted octanol–water partition coefficient (Wildman–Crippen LogP) is 3.48. The van der Waals surface area contributed by atoms with E-state index in [2.05, 4.69) is 53.7 Å². The molecule has 1 aliphatic heterocycles. The molecule has 0 unspecified atom stereocenters. The van der Waals surface area contributed by atoms with Gasteiger partial charge in [0, 0.05) is 23.3 Å². The third kappa shape index (κ3) is 2.99. The van der Waals surface area contributed by atoms with E-state index in [9.17, 15) is 0 Å². The van der Waals surface area contributed by atoms with E-state index in [1.54, 1.807) is 0 Å². The van der Waals surface area contributed by atoms with E-state index in [1.165, 1.54) is 28.6 Å². The molecule has 1 aromatic heterocycles. The van der Waals surface area contributed by atoms with Crippen molar-refractivity contribution in [2.24, 2.45) is 0 Å². The summed E-state index contributed by atoms with van der Waals surface area (Å²) in [4.78, 5) is 2.59. The van der Waals surface area contributed by atoms with Gasteiger partial charge >= 0.3 is 0 Å². The second-order valence-electron chi connectivity index (χ2n) is 6.13. The van der Waals surface area contributed by atoms with Gasteiger partial charge in [0.05, 0.1) is 0 Å². The van der Waals surface area contributed by atoms with Crippen molar-refractivity contribution in [1.29, 1.82) is 0 Å². The van der Waals surface area contributed by atoms with Crippen molar-refractivity contribution in [2.75, 3.05) is 19.6 Å². The molecule has 1 aliphatic rings. The zero-order valence-electron chi connectivity index (χ0n) is 11.8. The number of thiophene rings is 1. The van der Waals surface area contributed by atoms with Crippen LogP contribution in [0.25, 0.3) is 10.1 Å². The fourth-order valence-corrected chi connectivity index (χ4v) is 3.91. The number of fused-ring (bicyclic) bond motifs is 1. The van der Waals surface area contributed by atoms with Gasteiger partial charge < -0.3 is 5.32 Å². The van der Waals surface area contributed by atoms with E-state index in [-0.39, 0.29) is 5.54 Å². The molecule has 19 heavy (non-hydrogen) atoms. The second kappa shape index (κ2) is 5.23. The number of hydrogen-bond donors (Lipinski definition) is 1. The number of hydrogen-bond acceptors (Lipinski definition) is 3. The molecule has 0 amide bonds. The zero-order valence-corrected chi connectivity index (χ0v) is 12.6.